The van der Waals surface area contributed by atoms with Gasteiger partial charge in [0.05, 0.1) is 30.1 Å². The Hall–Kier alpha value is -3.46. The zero-order chi connectivity index (χ0) is 20.5. The molecule has 4 rings (SSSR count). The summed E-state index contributed by atoms with van der Waals surface area (Å²) in [5.41, 5.74) is 2.42. The second-order valence-electron chi connectivity index (χ2n) is 6.27. The van der Waals surface area contributed by atoms with Crippen LogP contribution < -0.4 is 9.54 Å². The van der Waals surface area contributed by atoms with Crippen molar-refractivity contribution >= 4 is 39.1 Å². The van der Waals surface area contributed by atoms with Crippen molar-refractivity contribution in [3.63, 3.8) is 0 Å². The molecule has 0 aliphatic rings. The Morgan fingerprint density at radius 1 is 1.21 bits per heavy atom. The van der Waals surface area contributed by atoms with E-state index >= 15 is 0 Å². The van der Waals surface area contributed by atoms with Crippen LogP contribution in [0.2, 0.25) is 0 Å². The Kier molecular flexibility index (Phi) is 4.89. The van der Waals surface area contributed by atoms with Gasteiger partial charge in [0, 0.05) is 6.20 Å². The van der Waals surface area contributed by atoms with Gasteiger partial charge in [0.1, 0.15) is 23.6 Å². The van der Waals surface area contributed by atoms with Crippen LogP contribution in [0.4, 0.5) is 0 Å². The summed E-state index contributed by atoms with van der Waals surface area (Å²) in [5.74, 6) is -0.182. The number of fused-ring (bicyclic) bond motifs is 2. The van der Waals surface area contributed by atoms with Gasteiger partial charge in [0.15, 0.2) is 4.80 Å². The number of rotatable bonds is 4. The van der Waals surface area contributed by atoms with E-state index in [1.54, 1.807) is 35.3 Å². The van der Waals surface area contributed by atoms with Crippen LogP contribution in [0, 0.1) is 6.92 Å². The lowest BCUT2D eigenvalue weighted by atomic mass is 10.3. The lowest BCUT2D eigenvalue weighted by Gasteiger charge is -2.04. The number of thiazole rings is 1. The molecule has 3 heterocycles. The quantitative estimate of drug-likeness (QED) is 0.483. The molecule has 0 atom stereocenters. The molecule has 0 unspecified atom stereocenters. The number of pyridine rings is 1. The van der Waals surface area contributed by atoms with E-state index < -0.39 is 11.9 Å². The summed E-state index contributed by atoms with van der Waals surface area (Å²) >= 11 is 1.30. The van der Waals surface area contributed by atoms with Crippen LogP contribution in [0.5, 0.6) is 5.75 Å². The van der Waals surface area contributed by atoms with Crippen LogP contribution in [-0.4, -0.2) is 40.0 Å². The average Bonchev–Trinajstić information content (AvgIpc) is 3.23. The minimum Gasteiger partial charge on any atom is -0.497 e. The normalized spacial score (nSPS) is 11.9. The molecule has 0 radical (unpaired) electrons. The Morgan fingerprint density at radius 3 is 2.79 bits per heavy atom. The van der Waals surface area contributed by atoms with E-state index in [0.29, 0.717) is 27.6 Å². The number of imidazole rings is 1. The maximum Gasteiger partial charge on any atom is 0.325 e. The van der Waals surface area contributed by atoms with Gasteiger partial charge < -0.3 is 14.0 Å². The van der Waals surface area contributed by atoms with Crippen molar-refractivity contribution in [1.82, 2.24) is 14.0 Å². The van der Waals surface area contributed by atoms with Gasteiger partial charge >= 0.3 is 5.97 Å². The molecule has 0 aliphatic carbocycles. The number of amides is 1. The minimum atomic E-state index is -0.432. The zero-order valence-electron chi connectivity index (χ0n) is 16.1. The highest BCUT2D eigenvalue weighted by Gasteiger charge is 2.18. The molecular formula is C20H18N4O4S. The van der Waals surface area contributed by atoms with Crippen molar-refractivity contribution in [3.05, 3.63) is 58.8 Å². The van der Waals surface area contributed by atoms with Gasteiger partial charge in [-0.1, -0.05) is 17.4 Å². The zero-order valence-corrected chi connectivity index (χ0v) is 16.9. The highest BCUT2D eigenvalue weighted by atomic mass is 32.1. The van der Waals surface area contributed by atoms with Crippen LogP contribution in [0.15, 0.2) is 47.6 Å². The number of aryl methyl sites for hydroxylation is 1. The number of hydrogen-bond acceptors (Lipinski definition) is 6. The predicted octanol–water partition coefficient (Wildman–Crippen LogP) is 2.58. The number of methoxy groups -OCH3 is 2. The number of esters is 1. The van der Waals surface area contributed by atoms with Crippen molar-refractivity contribution in [2.24, 2.45) is 4.99 Å². The summed E-state index contributed by atoms with van der Waals surface area (Å²) in [6, 6.07) is 11.0. The molecule has 0 spiro atoms. The number of carbonyl (C=O) groups is 2. The summed E-state index contributed by atoms with van der Waals surface area (Å²) in [5, 5.41) is 0. The highest BCUT2D eigenvalue weighted by molar-refractivity contribution is 7.16. The maximum atomic E-state index is 13.0. The van der Waals surface area contributed by atoms with Crippen LogP contribution in [0.25, 0.3) is 15.9 Å². The highest BCUT2D eigenvalue weighted by Crippen LogP contribution is 2.23. The van der Waals surface area contributed by atoms with Crippen molar-refractivity contribution in [2.75, 3.05) is 14.2 Å². The summed E-state index contributed by atoms with van der Waals surface area (Å²) in [6.45, 7) is 1.72. The third kappa shape index (κ3) is 3.40. The molecule has 8 nitrogen and oxygen atoms in total. The largest absolute Gasteiger partial charge is 0.497 e. The molecule has 29 heavy (non-hydrogen) atoms. The SMILES string of the molecule is COC(=O)Cn1c(=NC(=O)c2c(C)nc3ccccn23)sc2cc(OC)ccc21. The summed E-state index contributed by atoms with van der Waals surface area (Å²) in [7, 11) is 2.91. The van der Waals surface area contributed by atoms with Gasteiger partial charge in [0.25, 0.3) is 5.91 Å². The Balaban J connectivity index is 1.90. The number of nitrogens with zero attached hydrogens (tertiary/aromatic N) is 4. The molecule has 0 N–H and O–H groups in total. The number of carbonyl (C=O) groups excluding carboxylic acids is 2. The van der Waals surface area contributed by atoms with Gasteiger partial charge in [0.2, 0.25) is 0 Å². The molecular weight excluding hydrogens is 392 g/mol. The lowest BCUT2D eigenvalue weighted by Crippen LogP contribution is -2.22. The standard InChI is InChI=1S/C20H18N4O4S/c1-12-18(23-9-5-4-6-16(23)21-12)19(26)22-20-24(11-17(25)28-3)14-8-7-13(27-2)10-15(14)29-20/h4-10H,11H2,1-3H3. The van der Waals surface area contributed by atoms with Crippen LogP contribution in [0.1, 0.15) is 16.2 Å². The second-order valence-corrected chi connectivity index (χ2v) is 7.28. The first-order chi connectivity index (χ1) is 14.0. The summed E-state index contributed by atoms with van der Waals surface area (Å²) in [6.07, 6.45) is 1.77. The van der Waals surface area contributed by atoms with E-state index in [2.05, 4.69) is 9.98 Å². The Labute approximate surface area is 169 Å². The van der Waals surface area contributed by atoms with Crippen molar-refractivity contribution in [1.29, 1.82) is 0 Å². The third-order valence-corrected chi connectivity index (χ3v) is 5.55. The van der Waals surface area contributed by atoms with Crippen LogP contribution in [-0.2, 0) is 16.1 Å². The van der Waals surface area contributed by atoms with E-state index in [4.69, 9.17) is 9.47 Å². The van der Waals surface area contributed by atoms with Gasteiger partial charge in [-0.15, -0.1) is 0 Å². The minimum absolute atomic E-state index is 0.0545. The maximum absolute atomic E-state index is 13.0. The molecule has 0 saturated carbocycles. The monoisotopic (exact) mass is 410 g/mol. The average molecular weight is 410 g/mol. The number of aromatic nitrogens is 3. The second kappa shape index (κ2) is 7.51. The van der Waals surface area contributed by atoms with Crippen molar-refractivity contribution in [2.45, 2.75) is 13.5 Å². The Bertz CT molecular complexity index is 1320. The number of ether oxygens (including phenoxy) is 2. The molecule has 0 bridgehead atoms. The molecule has 0 aliphatic heterocycles. The smallest absolute Gasteiger partial charge is 0.325 e. The molecule has 0 fully saturated rings. The number of hydrogen-bond donors (Lipinski definition) is 0. The molecule has 3 aromatic heterocycles. The lowest BCUT2D eigenvalue weighted by molar-refractivity contribution is -0.141. The fourth-order valence-corrected chi connectivity index (χ4v) is 4.18. The first-order valence-corrected chi connectivity index (χ1v) is 9.60. The van der Waals surface area contributed by atoms with E-state index in [0.717, 1.165) is 10.2 Å². The van der Waals surface area contributed by atoms with E-state index in [1.807, 2.05) is 30.3 Å². The molecule has 1 aromatic carbocycles. The molecule has 9 heteroatoms. The van der Waals surface area contributed by atoms with Gasteiger partial charge in [-0.2, -0.15) is 4.99 Å². The van der Waals surface area contributed by atoms with Gasteiger partial charge in [-0.3, -0.25) is 14.0 Å². The fourth-order valence-electron chi connectivity index (χ4n) is 3.12. The van der Waals surface area contributed by atoms with E-state index in [1.165, 1.54) is 18.4 Å². The van der Waals surface area contributed by atoms with Crippen LogP contribution >= 0.6 is 11.3 Å². The third-order valence-electron chi connectivity index (χ3n) is 4.51. The van der Waals surface area contributed by atoms with Gasteiger partial charge in [-0.25, -0.2) is 4.98 Å². The number of benzene rings is 1. The molecule has 1 amide bonds. The summed E-state index contributed by atoms with van der Waals surface area (Å²) in [4.78, 5) is 34.1. The van der Waals surface area contributed by atoms with Crippen molar-refractivity contribution < 1.29 is 19.1 Å². The fraction of sp³-hybridized carbons (Fsp3) is 0.200. The molecule has 4 aromatic rings. The summed E-state index contributed by atoms with van der Waals surface area (Å²) < 4.78 is 14.3. The predicted molar refractivity (Wildman–Crippen MR) is 108 cm³/mol. The topological polar surface area (TPSA) is 87.2 Å². The van der Waals surface area contributed by atoms with Crippen LogP contribution in [0.3, 0.4) is 0 Å². The molecule has 0 saturated heterocycles. The Morgan fingerprint density at radius 2 is 2.03 bits per heavy atom. The van der Waals surface area contributed by atoms with E-state index in [-0.39, 0.29) is 6.54 Å². The molecule has 148 valence electrons. The van der Waals surface area contributed by atoms with Gasteiger partial charge in [-0.05, 0) is 37.3 Å². The first kappa shape index (κ1) is 18.9. The first-order valence-electron chi connectivity index (χ1n) is 8.78. The van der Waals surface area contributed by atoms with E-state index in [9.17, 15) is 9.59 Å². The van der Waals surface area contributed by atoms with Crippen molar-refractivity contribution in [3.8, 4) is 5.75 Å².